The molecule has 0 aliphatic carbocycles. The summed E-state index contributed by atoms with van der Waals surface area (Å²) in [5.74, 6) is 1.34. The lowest BCUT2D eigenvalue weighted by atomic mass is 10.1. The molecule has 1 N–H and O–H groups in total. The van der Waals surface area contributed by atoms with Crippen LogP contribution in [0.2, 0.25) is 0 Å². The molecule has 0 radical (unpaired) electrons. The van der Waals surface area contributed by atoms with Gasteiger partial charge >= 0.3 is 6.03 Å². The van der Waals surface area contributed by atoms with Gasteiger partial charge in [0.2, 0.25) is 5.91 Å². The molecule has 0 bridgehead atoms. The van der Waals surface area contributed by atoms with Crippen LogP contribution in [0.25, 0.3) is 0 Å². The molecular formula is C23H36N4O3S2. The molecule has 3 amide bonds. The monoisotopic (exact) mass is 480 g/mol. The molecule has 1 atom stereocenters. The van der Waals surface area contributed by atoms with Gasteiger partial charge in [-0.3, -0.25) is 9.59 Å². The normalized spacial score (nSPS) is 15.3. The van der Waals surface area contributed by atoms with Crippen molar-refractivity contribution >= 4 is 40.6 Å². The van der Waals surface area contributed by atoms with Gasteiger partial charge in [-0.1, -0.05) is 42.1 Å². The molecular weight excluding hydrogens is 444 g/mol. The number of thioether (sulfide) groups is 2. The van der Waals surface area contributed by atoms with Gasteiger partial charge in [0.25, 0.3) is 0 Å². The second-order valence-corrected chi connectivity index (χ2v) is 10.2. The molecule has 178 valence electrons. The first-order chi connectivity index (χ1) is 15.4. The van der Waals surface area contributed by atoms with Gasteiger partial charge in [0.1, 0.15) is 6.04 Å². The highest BCUT2D eigenvalue weighted by Crippen LogP contribution is 2.10. The summed E-state index contributed by atoms with van der Waals surface area (Å²) in [4.78, 5) is 43.5. The zero-order chi connectivity index (χ0) is 23.3. The van der Waals surface area contributed by atoms with E-state index in [1.165, 1.54) is 18.7 Å². The number of nitrogens with zero attached hydrogens (tertiary/aromatic N) is 3. The SMILES string of the molecule is CSCCC(NC(=O)N(CCSC(C)=O)CCc1ccccc1)C(=O)N1CCN(C)CC1. The van der Waals surface area contributed by atoms with Gasteiger partial charge in [0.05, 0.1) is 0 Å². The number of amides is 3. The Balaban J connectivity index is 2.03. The van der Waals surface area contributed by atoms with Gasteiger partial charge in [-0.05, 0) is 37.5 Å². The minimum atomic E-state index is -0.530. The Kier molecular flexibility index (Phi) is 12.0. The maximum atomic E-state index is 13.2. The van der Waals surface area contributed by atoms with E-state index in [0.29, 0.717) is 38.4 Å². The Morgan fingerprint density at radius 3 is 2.38 bits per heavy atom. The van der Waals surface area contributed by atoms with Crippen LogP contribution < -0.4 is 5.32 Å². The summed E-state index contributed by atoms with van der Waals surface area (Å²) in [6.07, 6.45) is 3.33. The third-order valence-corrected chi connectivity index (χ3v) is 6.93. The van der Waals surface area contributed by atoms with Crippen molar-refractivity contribution < 1.29 is 14.4 Å². The number of benzene rings is 1. The zero-order valence-corrected chi connectivity index (χ0v) is 21.1. The van der Waals surface area contributed by atoms with Crippen molar-refractivity contribution in [3.05, 3.63) is 35.9 Å². The van der Waals surface area contributed by atoms with Crippen LogP contribution in [0.4, 0.5) is 4.79 Å². The van der Waals surface area contributed by atoms with Crippen LogP contribution >= 0.6 is 23.5 Å². The van der Waals surface area contributed by atoms with Crippen LogP contribution in [0.3, 0.4) is 0 Å². The highest BCUT2D eigenvalue weighted by molar-refractivity contribution is 8.13. The highest BCUT2D eigenvalue weighted by atomic mass is 32.2. The number of urea groups is 1. The second-order valence-electron chi connectivity index (χ2n) is 7.97. The summed E-state index contributed by atoms with van der Waals surface area (Å²) in [5, 5.41) is 3.05. The molecule has 1 aromatic carbocycles. The van der Waals surface area contributed by atoms with Crippen LogP contribution in [0.1, 0.15) is 18.9 Å². The largest absolute Gasteiger partial charge is 0.338 e. The highest BCUT2D eigenvalue weighted by Gasteiger charge is 2.29. The van der Waals surface area contributed by atoms with E-state index in [9.17, 15) is 14.4 Å². The lowest BCUT2D eigenvalue weighted by Gasteiger charge is -2.35. The maximum absolute atomic E-state index is 13.2. The minimum absolute atomic E-state index is 0.00150. The summed E-state index contributed by atoms with van der Waals surface area (Å²) < 4.78 is 0. The third-order valence-electron chi connectivity index (χ3n) is 5.49. The molecule has 1 aromatic rings. The Labute approximate surface area is 200 Å². The lowest BCUT2D eigenvalue weighted by molar-refractivity contribution is -0.134. The molecule has 0 aromatic heterocycles. The third kappa shape index (κ3) is 9.42. The Morgan fingerprint density at radius 2 is 1.75 bits per heavy atom. The van der Waals surface area contributed by atoms with E-state index in [0.717, 1.165) is 30.8 Å². The van der Waals surface area contributed by atoms with Crippen molar-refractivity contribution in [3.8, 4) is 0 Å². The van der Waals surface area contributed by atoms with E-state index in [-0.39, 0.29) is 17.1 Å². The lowest BCUT2D eigenvalue weighted by Crippen LogP contribution is -2.56. The minimum Gasteiger partial charge on any atom is -0.338 e. The first-order valence-electron chi connectivity index (χ1n) is 11.1. The van der Waals surface area contributed by atoms with Crippen molar-refractivity contribution in [1.82, 2.24) is 20.0 Å². The van der Waals surface area contributed by atoms with Crippen molar-refractivity contribution in [1.29, 1.82) is 0 Å². The molecule has 32 heavy (non-hydrogen) atoms. The first kappa shape index (κ1) is 26.5. The van der Waals surface area contributed by atoms with E-state index in [4.69, 9.17) is 0 Å². The van der Waals surface area contributed by atoms with Crippen LogP contribution in [0, 0.1) is 0 Å². The van der Waals surface area contributed by atoms with Crippen molar-refractivity contribution in [2.24, 2.45) is 0 Å². The van der Waals surface area contributed by atoms with Gasteiger partial charge in [-0.15, -0.1) is 0 Å². The zero-order valence-electron chi connectivity index (χ0n) is 19.4. The summed E-state index contributed by atoms with van der Waals surface area (Å²) in [5.41, 5.74) is 1.15. The number of carbonyl (C=O) groups excluding carboxylic acids is 3. The molecule has 7 nitrogen and oxygen atoms in total. The molecule has 1 aliphatic rings. The van der Waals surface area contributed by atoms with Gasteiger partial charge in [-0.2, -0.15) is 11.8 Å². The van der Waals surface area contributed by atoms with E-state index in [1.54, 1.807) is 16.7 Å². The Hall–Kier alpha value is -1.71. The summed E-state index contributed by atoms with van der Waals surface area (Å²) in [6, 6.07) is 9.25. The van der Waals surface area contributed by atoms with Crippen LogP contribution in [-0.4, -0.2) is 102 Å². The molecule has 0 saturated carbocycles. The fraction of sp³-hybridized carbons (Fsp3) is 0.609. The fourth-order valence-electron chi connectivity index (χ4n) is 3.50. The number of hydrogen-bond donors (Lipinski definition) is 1. The van der Waals surface area contributed by atoms with Crippen molar-refractivity contribution in [2.45, 2.75) is 25.8 Å². The first-order valence-corrected chi connectivity index (χ1v) is 13.5. The average molecular weight is 481 g/mol. The number of hydrogen-bond acceptors (Lipinski definition) is 6. The molecule has 1 heterocycles. The average Bonchev–Trinajstić information content (AvgIpc) is 2.79. The van der Waals surface area contributed by atoms with E-state index >= 15 is 0 Å². The molecule has 2 rings (SSSR count). The quantitative estimate of drug-likeness (QED) is 0.524. The van der Waals surface area contributed by atoms with Crippen molar-refractivity contribution in [2.75, 3.05) is 64.1 Å². The summed E-state index contributed by atoms with van der Waals surface area (Å²) >= 11 is 2.89. The molecule has 0 spiro atoms. The molecule has 1 fully saturated rings. The molecule has 9 heteroatoms. The topological polar surface area (TPSA) is 73.0 Å². The van der Waals surface area contributed by atoms with E-state index in [1.807, 2.05) is 41.5 Å². The standard InChI is InChI=1S/C23H36N4O3S2/c1-19(28)32-18-16-27(11-9-20-7-5-4-6-8-20)23(30)24-21(10-17-31-3)22(29)26-14-12-25(2)13-15-26/h4-8,21H,9-18H2,1-3H3,(H,24,30). The smallest absolute Gasteiger partial charge is 0.318 e. The number of piperazine rings is 1. The number of nitrogens with one attached hydrogen (secondary N) is 1. The van der Waals surface area contributed by atoms with E-state index in [2.05, 4.69) is 17.3 Å². The van der Waals surface area contributed by atoms with Gasteiger partial charge < -0.3 is 20.0 Å². The predicted molar refractivity (Wildman–Crippen MR) is 134 cm³/mol. The Morgan fingerprint density at radius 1 is 1.06 bits per heavy atom. The predicted octanol–water partition coefficient (Wildman–Crippen LogP) is 2.42. The van der Waals surface area contributed by atoms with E-state index < -0.39 is 6.04 Å². The van der Waals surface area contributed by atoms with Gasteiger partial charge in [0.15, 0.2) is 5.12 Å². The second kappa shape index (κ2) is 14.4. The van der Waals surface area contributed by atoms with Crippen LogP contribution in [-0.2, 0) is 16.0 Å². The summed E-state index contributed by atoms with van der Waals surface area (Å²) in [6.45, 7) is 5.60. The summed E-state index contributed by atoms with van der Waals surface area (Å²) in [7, 11) is 2.05. The maximum Gasteiger partial charge on any atom is 0.318 e. The number of carbonyl (C=O) groups is 3. The van der Waals surface area contributed by atoms with Crippen molar-refractivity contribution in [3.63, 3.8) is 0 Å². The Bertz CT molecular complexity index is 727. The van der Waals surface area contributed by atoms with Crippen LogP contribution in [0.5, 0.6) is 0 Å². The van der Waals surface area contributed by atoms with Crippen LogP contribution in [0.15, 0.2) is 30.3 Å². The molecule has 1 saturated heterocycles. The van der Waals surface area contributed by atoms with Gasteiger partial charge in [0, 0.05) is 51.9 Å². The number of likely N-dealkylation sites (N-methyl/N-ethyl adjacent to an activating group) is 1. The molecule has 1 aliphatic heterocycles. The fourth-order valence-corrected chi connectivity index (χ4v) is 4.57. The molecule has 1 unspecified atom stereocenters. The number of rotatable bonds is 11. The van der Waals surface area contributed by atoms with Gasteiger partial charge in [-0.25, -0.2) is 4.79 Å².